The van der Waals surface area contributed by atoms with Crippen molar-refractivity contribution in [2.24, 2.45) is 0 Å². The molecule has 1 N–H and O–H groups in total. The van der Waals surface area contributed by atoms with Crippen molar-refractivity contribution in [3.63, 3.8) is 0 Å². The number of carbonyl (C=O) groups is 1. The summed E-state index contributed by atoms with van der Waals surface area (Å²) in [5.41, 5.74) is 2.13. The molecule has 0 atom stereocenters. The maximum absolute atomic E-state index is 11.2. The predicted molar refractivity (Wildman–Crippen MR) is 83.0 cm³/mol. The number of rotatable bonds is 8. The first-order valence-electron chi connectivity index (χ1n) is 7.59. The molecule has 0 radical (unpaired) electrons. The van der Waals surface area contributed by atoms with Crippen LogP contribution < -0.4 is 0 Å². The molecule has 0 aliphatic rings. The van der Waals surface area contributed by atoms with Gasteiger partial charge in [0.25, 0.3) is 0 Å². The van der Waals surface area contributed by atoms with Crippen molar-refractivity contribution in [1.29, 1.82) is 0 Å². The normalized spacial score (nSPS) is 11.0. The van der Waals surface area contributed by atoms with E-state index in [1.807, 2.05) is 31.3 Å². The second-order valence-electron chi connectivity index (χ2n) is 5.14. The van der Waals surface area contributed by atoms with Crippen LogP contribution in [0.2, 0.25) is 0 Å². The zero-order chi connectivity index (χ0) is 15.1. The minimum absolute atomic E-state index is 0.0658. The molecule has 0 spiro atoms. The van der Waals surface area contributed by atoms with E-state index in [0.29, 0.717) is 13.0 Å². The lowest BCUT2D eigenvalue weighted by molar-refractivity contribution is -0.143. The van der Waals surface area contributed by atoms with Crippen molar-refractivity contribution in [2.75, 3.05) is 6.61 Å². The van der Waals surface area contributed by atoms with Gasteiger partial charge in [-0.3, -0.25) is 4.79 Å². The standard InChI is InChI=1S/C17H23NO3/c1-2-21-17(20)10-4-3-7-11-18-12-14(13-19)15-8-5-6-9-16(15)18/h5-6,8-9,12,19H,2-4,7,10-11,13H2,1H3. The molecule has 0 saturated carbocycles. The van der Waals surface area contributed by atoms with Gasteiger partial charge in [-0.15, -0.1) is 0 Å². The lowest BCUT2D eigenvalue weighted by Gasteiger charge is -2.05. The fourth-order valence-electron chi connectivity index (χ4n) is 2.60. The van der Waals surface area contributed by atoms with Gasteiger partial charge in [0.05, 0.1) is 13.2 Å². The highest BCUT2D eigenvalue weighted by molar-refractivity contribution is 5.83. The van der Waals surface area contributed by atoms with Gasteiger partial charge in [-0.2, -0.15) is 0 Å². The van der Waals surface area contributed by atoms with E-state index in [4.69, 9.17) is 4.74 Å². The molecule has 4 nitrogen and oxygen atoms in total. The Balaban J connectivity index is 1.85. The Morgan fingerprint density at radius 2 is 2.05 bits per heavy atom. The Kier molecular flexibility index (Phi) is 5.81. The molecule has 0 bridgehead atoms. The number of aryl methyl sites for hydroxylation is 1. The Morgan fingerprint density at radius 1 is 1.24 bits per heavy atom. The van der Waals surface area contributed by atoms with Crippen molar-refractivity contribution >= 4 is 16.9 Å². The van der Waals surface area contributed by atoms with Gasteiger partial charge in [-0.05, 0) is 25.8 Å². The summed E-state index contributed by atoms with van der Waals surface area (Å²) in [6.45, 7) is 3.26. The average molecular weight is 289 g/mol. The lowest BCUT2D eigenvalue weighted by Crippen LogP contribution is -2.03. The molecule has 0 amide bonds. The van der Waals surface area contributed by atoms with Crippen LogP contribution in [0.4, 0.5) is 0 Å². The average Bonchev–Trinajstić information content (AvgIpc) is 2.85. The van der Waals surface area contributed by atoms with Gasteiger partial charge in [-0.25, -0.2) is 0 Å². The summed E-state index contributed by atoms with van der Waals surface area (Å²) in [6.07, 6.45) is 5.41. The number of aromatic nitrogens is 1. The van der Waals surface area contributed by atoms with Crippen molar-refractivity contribution in [1.82, 2.24) is 4.57 Å². The van der Waals surface area contributed by atoms with E-state index >= 15 is 0 Å². The van der Waals surface area contributed by atoms with Crippen molar-refractivity contribution in [3.05, 3.63) is 36.0 Å². The van der Waals surface area contributed by atoms with E-state index in [9.17, 15) is 9.90 Å². The van der Waals surface area contributed by atoms with Crippen molar-refractivity contribution in [2.45, 2.75) is 45.8 Å². The van der Waals surface area contributed by atoms with Gasteiger partial charge in [0.1, 0.15) is 0 Å². The molecule has 1 aromatic carbocycles. The van der Waals surface area contributed by atoms with E-state index < -0.39 is 0 Å². The molecule has 1 aromatic heterocycles. The van der Waals surface area contributed by atoms with Crippen LogP contribution in [0.15, 0.2) is 30.5 Å². The summed E-state index contributed by atoms with van der Waals surface area (Å²) in [6, 6.07) is 8.12. The summed E-state index contributed by atoms with van der Waals surface area (Å²) in [5, 5.41) is 10.5. The molecule has 2 rings (SSSR count). The lowest BCUT2D eigenvalue weighted by atomic mass is 10.2. The number of fused-ring (bicyclic) bond motifs is 1. The maximum atomic E-state index is 11.2. The predicted octanol–water partition coefficient (Wildman–Crippen LogP) is 3.26. The number of esters is 1. The number of unbranched alkanes of at least 4 members (excludes halogenated alkanes) is 2. The number of aliphatic hydroxyl groups excluding tert-OH is 1. The van der Waals surface area contributed by atoms with Crippen LogP contribution in [0.1, 0.15) is 38.2 Å². The second kappa shape index (κ2) is 7.84. The molecule has 21 heavy (non-hydrogen) atoms. The Morgan fingerprint density at radius 3 is 2.81 bits per heavy atom. The third-order valence-electron chi connectivity index (χ3n) is 3.63. The summed E-state index contributed by atoms with van der Waals surface area (Å²) in [5.74, 6) is -0.105. The van der Waals surface area contributed by atoms with E-state index in [0.717, 1.165) is 42.3 Å². The highest BCUT2D eigenvalue weighted by Crippen LogP contribution is 2.22. The van der Waals surface area contributed by atoms with Crippen LogP contribution in [0, 0.1) is 0 Å². The first-order chi connectivity index (χ1) is 10.3. The molecule has 0 aliphatic carbocycles. The van der Waals surface area contributed by atoms with E-state index in [1.165, 1.54) is 0 Å². The molecular formula is C17H23NO3. The first kappa shape index (κ1) is 15.6. The summed E-state index contributed by atoms with van der Waals surface area (Å²) < 4.78 is 7.10. The topological polar surface area (TPSA) is 51.5 Å². The Labute approximate surface area is 125 Å². The zero-order valence-corrected chi connectivity index (χ0v) is 12.5. The fourth-order valence-corrected chi connectivity index (χ4v) is 2.60. The molecule has 2 aromatic rings. The van der Waals surface area contributed by atoms with E-state index in [1.54, 1.807) is 0 Å². The van der Waals surface area contributed by atoms with Crippen molar-refractivity contribution < 1.29 is 14.6 Å². The molecule has 0 saturated heterocycles. The quantitative estimate of drug-likeness (QED) is 0.599. The van der Waals surface area contributed by atoms with Crippen LogP contribution in [0.5, 0.6) is 0 Å². The number of benzene rings is 1. The third kappa shape index (κ3) is 4.08. The van der Waals surface area contributed by atoms with Gasteiger partial charge in [0.15, 0.2) is 0 Å². The monoisotopic (exact) mass is 289 g/mol. The van der Waals surface area contributed by atoms with E-state index in [-0.39, 0.29) is 12.6 Å². The fraction of sp³-hybridized carbons (Fsp3) is 0.471. The summed E-state index contributed by atoms with van der Waals surface area (Å²) >= 11 is 0. The van der Waals surface area contributed by atoms with Crippen LogP contribution in [0.25, 0.3) is 10.9 Å². The first-order valence-corrected chi connectivity index (χ1v) is 7.59. The van der Waals surface area contributed by atoms with Crippen LogP contribution in [-0.2, 0) is 22.7 Å². The smallest absolute Gasteiger partial charge is 0.305 e. The molecule has 1 heterocycles. The minimum Gasteiger partial charge on any atom is -0.466 e. The largest absolute Gasteiger partial charge is 0.466 e. The van der Waals surface area contributed by atoms with Gasteiger partial charge >= 0.3 is 5.97 Å². The number of aliphatic hydroxyl groups is 1. The molecular weight excluding hydrogens is 266 g/mol. The van der Waals surface area contributed by atoms with Gasteiger partial charge in [0.2, 0.25) is 0 Å². The SMILES string of the molecule is CCOC(=O)CCCCCn1cc(CO)c2ccccc21. The Bertz CT molecular complexity index is 589. The Hall–Kier alpha value is -1.81. The number of hydrogen-bond donors (Lipinski definition) is 1. The molecule has 0 unspecified atom stereocenters. The van der Waals surface area contributed by atoms with Crippen LogP contribution >= 0.6 is 0 Å². The van der Waals surface area contributed by atoms with Gasteiger partial charge in [-0.1, -0.05) is 24.6 Å². The third-order valence-corrected chi connectivity index (χ3v) is 3.63. The number of para-hydroxylation sites is 1. The van der Waals surface area contributed by atoms with Crippen LogP contribution in [-0.4, -0.2) is 22.2 Å². The van der Waals surface area contributed by atoms with Crippen molar-refractivity contribution in [3.8, 4) is 0 Å². The van der Waals surface area contributed by atoms with E-state index in [2.05, 4.69) is 10.6 Å². The highest BCUT2D eigenvalue weighted by atomic mass is 16.5. The molecule has 0 aliphatic heterocycles. The molecule has 0 fully saturated rings. The number of ether oxygens (including phenoxy) is 1. The number of nitrogens with zero attached hydrogens (tertiary/aromatic N) is 1. The highest BCUT2D eigenvalue weighted by Gasteiger charge is 2.07. The molecule has 4 heteroatoms. The van der Waals surface area contributed by atoms with Gasteiger partial charge in [0, 0.05) is 35.6 Å². The minimum atomic E-state index is -0.105. The summed E-state index contributed by atoms with van der Waals surface area (Å²) in [4.78, 5) is 11.2. The van der Waals surface area contributed by atoms with Crippen LogP contribution in [0.3, 0.4) is 0 Å². The number of carbonyl (C=O) groups excluding carboxylic acids is 1. The summed E-state index contributed by atoms with van der Waals surface area (Å²) in [7, 11) is 0. The number of hydrogen-bond acceptors (Lipinski definition) is 3. The zero-order valence-electron chi connectivity index (χ0n) is 12.5. The van der Waals surface area contributed by atoms with Gasteiger partial charge < -0.3 is 14.4 Å². The molecule has 114 valence electrons. The second-order valence-corrected chi connectivity index (χ2v) is 5.14. The maximum Gasteiger partial charge on any atom is 0.305 e.